The minimum absolute atomic E-state index is 0.00134. The van der Waals surface area contributed by atoms with Gasteiger partial charge in [-0.3, -0.25) is 9.78 Å². The standard InChI is InChI=1S/C27H26N2O3S/c1-31-23-13-11-20(17-24(23)32-19-21-7-3-2-4-8-21)12-14-26(30)29-18-22-9-5-15-28-27(22)25-10-6-16-33-25/h2-11,13,15-17H,12,14,18-19H2,1H3,(H,29,30). The number of carbonyl (C=O) groups is 1. The van der Waals surface area contributed by atoms with Crippen molar-refractivity contribution in [1.82, 2.24) is 10.3 Å². The number of aromatic nitrogens is 1. The van der Waals surface area contributed by atoms with Gasteiger partial charge in [-0.1, -0.05) is 48.5 Å². The molecule has 0 aliphatic carbocycles. The molecule has 4 aromatic rings. The molecule has 0 aliphatic heterocycles. The van der Waals surface area contributed by atoms with Crippen molar-refractivity contribution < 1.29 is 14.3 Å². The Morgan fingerprint density at radius 2 is 1.85 bits per heavy atom. The SMILES string of the molecule is COc1ccc(CCC(=O)NCc2cccnc2-c2cccs2)cc1OCc1ccccc1. The molecule has 6 heteroatoms. The summed E-state index contributed by atoms with van der Waals surface area (Å²) < 4.78 is 11.4. The highest BCUT2D eigenvalue weighted by atomic mass is 32.1. The van der Waals surface area contributed by atoms with Crippen molar-refractivity contribution in [3.63, 3.8) is 0 Å². The van der Waals surface area contributed by atoms with Crippen LogP contribution in [0.4, 0.5) is 0 Å². The smallest absolute Gasteiger partial charge is 0.220 e. The van der Waals surface area contributed by atoms with Crippen molar-refractivity contribution >= 4 is 17.2 Å². The maximum Gasteiger partial charge on any atom is 0.220 e. The van der Waals surface area contributed by atoms with Crippen LogP contribution in [0.2, 0.25) is 0 Å². The lowest BCUT2D eigenvalue weighted by Crippen LogP contribution is -2.23. The molecular weight excluding hydrogens is 432 g/mol. The van der Waals surface area contributed by atoms with E-state index in [1.54, 1.807) is 24.6 Å². The number of amides is 1. The second-order valence-electron chi connectivity index (χ2n) is 7.52. The lowest BCUT2D eigenvalue weighted by molar-refractivity contribution is -0.121. The minimum atomic E-state index is -0.00134. The van der Waals surface area contributed by atoms with Gasteiger partial charge in [0.25, 0.3) is 0 Å². The molecule has 2 aromatic carbocycles. The maximum absolute atomic E-state index is 12.5. The first kappa shape index (κ1) is 22.6. The van der Waals surface area contributed by atoms with Gasteiger partial charge in [0.1, 0.15) is 6.61 Å². The molecule has 1 N–H and O–H groups in total. The van der Waals surface area contributed by atoms with E-state index >= 15 is 0 Å². The number of hydrogen-bond donors (Lipinski definition) is 1. The zero-order valence-corrected chi connectivity index (χ0v) is 19.3. The quantitative estimate of drug-likeness (QED) is 0.334. The van der Waals surface area contributed by atoms with Crippen molar-refractivity contribution in [2.75, 3.05) is 7.11 Å². The molecule has 33 heavy (non-hydrogen) atoms. The Morgan fingerprint density at radius 3 is 2.64 bits per heavy atom. The number of ether oxygens (including phenoxy) is 2. The van der Waals surface area contributed by atoms with Crippen LogP contribution in [0.25, 0.3) is 10.6 Å². The van der Waals surface area contributed by atoms with Gasteiger partial charge in [-0.2, -0.15) is 0 Å². The number of aryl methyl sites for hydroxylation is 1. The molecule has 2 aromatic heterocycles. The number of benzene rings is 2. The van der Waals surface area contributed by atoms with E-state index in [9.17, 15) is 4.79 Å². The molecule has 4 rings (SSSR count). The van der Waals surface area contributed by atoms with E-state index in [0.29, 0.717) is 37.5 Å². The van der Waals surface area contributed by atoms with E-state index in [2.05, 4.69) is 10.3 Å². The number of rotatable bonds is 10. The van der Waals surface area contributed by atoms with Crippen LogP contribution < -0.4 is 14.8 Å². The third-order valence-corrected chi connectivity index (χ3v) is 6.10. The van der Waals surface area contributed by atoms with Gasteiger partial charge >= 0.3 is 0 Å². The van der Waals surface area contributed by atoms with Crippen molar-refractivity contribution in [2.24, 2.45) is 0 Å². The number of hydrogen-bond acceptors (Lipinski definition) is 5. The monoisotopic (exact) mass is 458 g/mol. The van der Waals surface area contributed by atoms with Crippen LogP contribution >= 0.6 is 11.3 Å². The number of methoxy groups -OCH3 is 1. The first-order valence-corrected chi connectivity index (χ1v) is 11.7. The maximum atomic E-state index is 12.5. The van der Waals surface area contributed by atoms with E-state index in [1.165, 1.54) is 0 Å². The molecule has 2 heterocycles. The zero-order chi connectivity index (χ0) is 22.9. The fraction of sp³-hybridized carbons (Fsp3) is 0.185. The summed E-state index contributed by atoms with van der Waals surface area (Å²) in [6.07, 6.45) is 2.78. The largest absolute Gasteiger partial charge is 0.493 e. The second kappa shape index (κ2) is 11.3. The second-order valence-corrected chi connectivity index (χ2v) is 8.47. The highest BCUT2D eigenvalue weighted by Gasteiger charge is 2.11. The molecule has 0 bridgehead atoms. The van der Waals surface area contributed by atoms with E-state index in [0.717, 1.165) is 27.3 Å². The van der Waals surface area contributed by atoms with Gasteiger partial charge in [-0.15, -0.1) is 11.3 Å². The Labute approximate surface area is 198 Å². The Balaban J connectivity index is 1.33. The predicted octanol–water partition coefficient (Wildman–Crippen LogP) is 5.65. The Hall–Kier alpha value is -3.64. The van der Waals surface area contributed by atoms with Crippen LogP contribution in [0, 0.1) is 0 Å². The third-order valence-electron chi connectivity index (χ3n) is 5.23. The van der Waals surface area contributed by atoms with Crippen LogP contribution in [0.15, 0.2) is 84.4 Å². The topological polar surface area (TPSA) is 60.5 Å². The first-order valence-electron chi connectivity index (χ1n) is 10.8. The van der Waals surface area contributed by atoms with E-state index in [4.69, 9.17) is 9.47 Å². The van der Waals surface area contributed by atoms with Gasteiger partial charge < -0.3 is 14.8 Å². The van der Waals surface area contributed by atoms with Gasteiger partial charge in [0.15, 0.2) is 11.5 Å². The number of nitrogens with one attached hydrogen (secondary N) is 1. The Morgan fingerprint density at radius 1 is 0.970 bits per heavy atom. The van der Waals surface area contributed by atoms with E-state index in [-0.39, 0.29) is 5.91 Å². The summed E-state index contributed by atoms with van der Waals surface area (Å²) in [5.74, 6) is 1.35. The third kappa shape index (κ3) is 6.20. The molecule has 0 atom stereocenters. The summed E-state index contributed by atoms with van der Waals surface area (Å²) in [6, 6.07) is 23.7. The van der Waals surface area contributed by atoms with Crippen LogP contribution in [-0.2, 0) is 24.4 Å². The molecule has 168 valence electrons. The van der Waals surface area contributed by atoms with Crippen molar-refractivity contribution in [3.05, 3.63) is 101 Å². The summed E-state index contributed by atoms with van der Waals surface area (Å²) in [5, 5.41) is 5.05. The predicted molar refractivity (Wildman–Crippen MR) is 131 cm³/mol. The van der Waals surface area contributed by atoms with Crippen LogP contribution in [0.3, 0.4) is 0 Å². The van der Waals surface area contributed by atoms with Crippen LogP contribution in [-0.4, -0.2) is 18.0 Å². The van der Waals surface area contributed by atoms with Crippen LogP contribution in [0.5, 0.6) is 11.5 Å². The Kier molecular flexibility index (Phi) is 7.72. The summed E-state index contributed by atoms with van der Waals surface area (Å²) in [4.78, 5) is 18.1. The molecule has 0 unspecified atom stereocenters. The van der Waals surface area contributed by atoms with Gasteiger partial charge in [-0.25, -0.2) is 0 Å². The molecule has 1 amide bonds. The fourth-order valence-electron chi connectivity index (χ4n) is 3.48. The summed E-state index contributed by atoms with van der Waals surface area (Å²) in [6.45, 7) is 0.910. The fourth-order valence-corrected chi connectivity index (χ4v) is 4.24. The average Bonchev–Trinajstić information content (AvgIpc) is 3.41. The van der Waals surface area contributed by atoms with Crippen molar-refractivity contribution in [1.29, 1.82) is 0 Å². The van der Waals surface area contributed by atoms with E-state index < -0.39 is 0 Å². The minimum Gasteiger partial charge on any atom is -0.493 e. The molecule has 0 spiro atoms. The number of nitrogens with zero attached hydrogens (tertiary/aromatic N) is 1. The molecule has 0 saturated carbocycles. The summed E-state index contributed by atoms with van der Waals surface area (Å²) >= 11 is 1.64. The molecule has 0 saturated heterocycles. The molecule has 0 radical (unpaired) electrons. The van der Waals surface area contributed by atoms with E-state index in [1.807, 2.05) is 78.2 Å². The van der Waals surface area contributed by atoms with Gasteiger partial charge in [0.05, 0.1) is 17.7 Å². The number of pyridine rings is 1. The lowest BCUT2D eigenvalue weighted by atomic mass is 10.1. The average molecular weight is 459 g/mol. The summed E-state index contributed by atoms with van der Waals surface area (Å²) in [7, 11) is 1.63. The van der Waals surface area contributed by atoms with Crippen LogP contribution in [0.1, 0.15) is 23.1 Å². The zero-order valence-electron chi connectivity index (χ0n) is 18.5. The summed E-state index contributed by atoms with van der Waals surface area (Å²) in [5.41, 5.74) is 4.04. The van der Waals surface area contributed by atoms with Gasteiger partial charge in [0, 0.05) is 19.2 Å². The highest BCUT2D eigenvalue weighted by molar-refractivity contribution is 7.13. The lowest BCUT2D eigenvalue weighted by Gasteiger charge is -2.13. The molecule has 5 nitrogen and oxygen atoms in total. The molecule has 0 aliphatic rings. The van der Waals surface area contributed by atoms with Crippen molar-refractivity contribution in [3.8, 4) is 22.1 Å². The molecule has 0 fully saturated rings. The Bertz CT molecular complexity index is 1180. The van der Waals surface area contributed by atoms with Crippen molar-refractivity contribution in [2.45, 2.75) is 26.0 Å². The number of thiophene rings is 1. The first-order chi connectivity index (χ1) is 16.2. The molecular formula is C27H26N2O3S. The normalized spacial score (nSPS) is 10.6. The highest BCUT2D eigenvalue weighted by Crippen LogP contribution is 2.29. The van der Waals surface area contributed by atoms with Gasteiger partial charge in [-0.05, 0) is 52.8 Å². The number of carbonyl (C=O) groups excluding carboxylic acids is 1. The van der Waals surface area contributed by atoms with Gasteiger partial charge in [0.2, 0.25) is 5.91 Å².